The number of non-ortho nitro benzene ring substituents is 1. The monoisotopic (exact) mass is 294 g/mol. The third-order valence-corrected chi connectivity index (χ3v) is 3.28. The van der Waals surface area contributed by atoms with Gasteiger partial charge >= 0.3 is 5.97 Å². The van der Waals surface area contributed by atoms with Gasteiger partial charge in [0, 0.05) is 17.4 Å². The van der Waals surface area contributed by atoms with Gasteiger partial charge in [-0.15, -0.1) is 0 Å². The van der Waals surface area contributed by atoms with Crippen LogP contribution in [0.25, 0.3) is 0 Å². The summed E-state index contributed by atoms with van der Waals surface area (Å²) in [6.45, 7) is 2.00. The molecule has 0 unspecified atom stereocenters. The Kier molecular flexibility index (Phi) is 6.53. The van der Waals surface area contributed by atoms with Crippen molar-refractivity contribution < 1.29 is 14.5 Å². The molecule has 0 N–H and O–H groups in total. The van der Waals surface area contributed by atoms with Crippen LogP contribution in [0.15, 0.2) is 24.3 Å². The molecule has 1 aromatic carbocycles. The fourth-order valence-electron chi connectivity index (χ4n) is 1.70. The van der Waals surface area contributed by atoms with Crippen LogP contribution in [0, 0.1) is 20.8 Å². The van der Waals surface area contributed by atoms with Crippen molar-refractivity contribution in [3.63, 3.8) is 0 Å². The second-order valence-electron chi connectivity index (χ2n) is 3.97. The van der Waals surface area contributed by atoms with Crippen molar-refractivity contribution in [2.75, 3.05) is 6.61 Å². The van der Waals surface area contributed by atoms with E-state index < -0.39 is 4.92 Å². The first-order chi connectivity index (χ1) is 9.56. The van der Waals surface area contributed by atoms with Gasteiger partial charge in [0.05, 0.1) is 18.0 Å². The molecule has 0 bridgehead atoms. The van der Waals surface area contributed by atoms with E-state index in [9.17, 15) is 14.9 Å². The molecule has 0 fully saturated rings. The highest BCUT2D eigenvalue weighted by Gasteiger charge is 2.17. The van der Waals surface area contributed by atoms with Crippen molar-refractivity contribution in [3.8, 4) is 5.40 Å². The summed E-state index contributed by atoms with van der Waals surface area (Å²) in [6, 6.07) is 6.19. The van der Waals surface area contributed by atoms with Gasteiger partial charge in [-0.25, -0.2) is 0 Å². The standard InChI is InChI=1S/C13H14N2O4S/c1-2-19-13(16)8-12(20-9-14)7-10-4-3-5-11(6-10)15(17)18/h3-6,12H,2,7-8H2,1H3/t12-/m0/s1. The molecule has 1 rings (SSSR count). The number of nitro groups is 1. The molecule has 0 radical (unpaired) electrons. The van der Waals surface area contributed by atoms with Crippen LogP contribution >= 0.6 is 11.8 Å². The number of carbonyl (C=O) groups is 1. The van der Waals surface area contributed by atoms with Gasteiger partial charge in [0.2, 0.25) is 0 Å². The molecule has 0 spiro atoms. The molecule has 0 aliphatic carbocycles. The lowest BCUT2D eigenvalue weighted by Crippen LogP contribution is -2.15. The highest BCUT2D eigenvalue weighted by Crippen LogP contribution is 2.22. The lowest BCUT2D eigenvalue weighted by atomic mass is 10.1. The molecule has 20 heavy (non-hydrogen) atoms. The van der Waals surface area contributed by atoms with Gasteiger partial charge < -0.3 is 4.74 Å². The molecule has 0 amide bonds. The van der Waals surface area contributed by atoms with Gasteiger partial charge in [0.1, 0.15) is 5.40 Å². The lowest BCUT2D eigenvalue weighted by molar-refractivity contribution is -0.384. The second-order valence-corrected chi connectivity index (χ2v) is 5.06. The lowest BCUT2D eigenvalue weighted by Gasteiger charge is -2.11. The normalized spacial score (nSPS) is 11.4. The van der Waals surface area contributed by atoms with Crippen LogP contribution in [-0.4, -0.2) is 22.7 Å². The fourth-order valence-corrected chi connectivity index (χ4v) is 2.34. The van der Waals surface area contributed by atoms with E-state index in [-0.39, 0.29) is 23.3 Å². The maximum Gasteiger partial charge on any atom is 0.306 e. The maximum absolute atomic E-state index is 11.4. The van der Waals surface area contributed by atoms with Gasteiger partial charge in [-0.2, -0.15) is 5.26 Å². The van der Waals surface area contributed by atoms with E-state index in [0.29, 0.717) is 13.0 Å². The van der Waals surface area contributed by atoms with Crippen LogP contribution in [0.1, 0.15) is 18.9 Å². The Labute approximate surface area is 120 Å². The molecule has 0 saturated heterocycles. The van der Waals surface area contributed by atoms with E-state index in [4.69, 9.17) is 10.00 Å². The Morgan fingerprint density at radius 3 is 2.95 bits per heavy atom. The summed E-state index contributed by atoms with van der Waals surface area (Å²) < 4.78 is 4.85. The number of nitrogens with zero attached hydrogens (tertiary/aromatic N) is 2. The first kappa shape index (κ1) is 16.0. The number of benzene rings is 1. The molecule has 0 heterocycles. The Bertz CT molecular complexity index is 527. The van der Waals surface area contributed by atoms with Crippen molar-refractivity contribution in [1.82, 2.24) is 0 Å². The molecule has 1 atom stereocenters. The first-order valence-electron chi connectivity index (χ1n) is 6.00. The number of ether oxygens (including phenoxy) is 1. The largest absolute Gasteiger partial charge is 0.466 e. The topological polar surface area (TPSA) is 93.2 Å². The number of thiocyanates is 1. The zero-order chi connectivity index (χ0) is 15.0. The van der Waals surface area contributed by atoms with Gasteiger partial charge in [-0.1, -0.05) is 12.1 Å². The minimum Gasteiger partial charge on any atom is -0.466 e. The number of hydrogen-bond donors (Lipinski definition) is 0. The predicted molar refractivity (Wildman–Crippen MR) is 75.0 cm³/mol. The van der Waals surface area contributed by atoms with Crippen LogP contribution in [-0.2, 0) is 16.0 Å². The Morgan fingerprint density at radius 2 is 2.35 bits per heavy atom. The van der Waals surface area contributed by atoms with Gasteiger partial charge in [0.15, 0.2) is 0 Å². The Balaban J connectivity index is 2.75. The van der Waals surface area contributed by atoms with E-state index in [2.05, 4.69) is 0 Å². The average molecular weight is 294 g/mol. The predicted octanol–water partition coefficient (Wildman–Crippen LogP) is 2.67. The third-order valence-electron chi connectivity index (χ3n) is 2.50. The van der Waals surface area contributed by atoms with Crippen LogP contribution < -0.4 is 0 Å². The summed E-state index contributed by atoms with van der Waals surface area (Å²) in [5, 5.41) is 21.1. The molecule has 7 heteroatoms. The molecule has 1 aromatic rings. The van der Waals surface area contributed by atoms with E-state index in [0.717, 1.165) is 17.3 Å². The highest BCUT2D eigenvalue weighted by molar-refractivity contribution is 8.04. The van der Waals surface area contributed by atoms with Crippen LogP contribution in [0.3, 0.4) is 0 Å². The van der Waals surface area contributed by atoms with Crippen molar-refractivity contribution in [1.29, 1.82) is 5.26 Å². The summed E-state index contributed by atoms with van der Waals surface area (Å²) in [6.07, 6.45) is 0.507. The van der Waals surface area contributed by atoms with Crippen LogP contribution in [0.2, 0.25) is 0 Å². The minimum absolute atomic E-state index is 0.000609. The zero-order valence-corrected chi connectivity index (χ0v) is 11.8. The summed E-state index contributed by atoms with van der Waals surface area (Å²) in [4.78, 5) is 21.7. The van der Waals surface area contributed by atoms with E-state index in [1.54, 1.807) is 19.1 Å². The van der Waals surface area contributed by atoms with Gasteiger partial charge in [-0.05, 0) is 30.7 Å². The number of thioether (sulfide) groups is 1. The summed E-state index contributed by atoms with van der Waals surface area (Å²) >= 11 is 0.975. The van der Waals surface area contributed by atoms with Crippen LogP contribution in [0.4, 0.5) is 5.69 Å². The molecule has 6 nitrogen and oxygen atoms in total. The number of rotatable bonds is 7. The van der Waals surface area contributed by atoms with E-state index in [1.165, 1.54) is 12.1 Å². The van der Waals surface area contributed by atoms with Gasteiger partial charge in [0.25, 0.3) is 5.69 Å². The SMILES string of the molecule is CCOC(=O)C[C@H](Cc1cccc([N+](=O)[O-])c1)SC#N. The van der Waals surface area contributed by atoms with Crippen molar-refractivity contribution in [2.45, 2.75) is 25.0 Å². The second kappa shape index (κ2) is 8.17. The van der Waals surface area contributed by atoms with E-state index in [1.807, 2.05) is 5.40 Å². The Hall–Kier alpha value is -2.07. The summed E-state index contributed by atoms with van der Waals surface area (Å²) in [5.74, 6) is -0.370. The van der Waals surface area contributed by atoms with Crippen molar-refractivity contribution >= 4 is 23.4 Å². The number of nitriles is 1. The van der Waals surface area contributed by atoms with Gasteiger partial charge in [-0.3, -0.25) is 14.9 Å². The number of hydrogen-bond acceptors (Lipinski definition) is 6. The smallest absolute Gasteiger partial charge is 0.306 e. The molecule has 106 valence electrons. The fraction of sp³-hybridized carbons (Fsp3) is 0.385. The summed E-state index contributed by atoms with van der Waals surface area (Å²) in [5.41, 5.74) is 0.718. The first-order valence-corrected chi connectivity index (χ1v) is 6.88. The summed E-state index contributed by atoms with van der Waals surface area (Å²) in [7, 11) is 0. The van der Waals surface area contributed by atoms with Crippen LogP contribution in [0.5, 0.6) is 0 Å². The molecule has 0 aliphatic heterocycles. The average Bonchev–Trinajstić information content (AvgIpc) is 2.39. The molecule has 0 aliphatic rings. The number of carbonyl (C=O) groups excluding carboxylic acids is 1. The number of esters is 1. The maximum atomic E-state index is 11.4. The molecular weight excluding hydrogens is 280 g/mol. The van der Waals surface area contributed by atoms with Crippen molar-refractivity contribution in [3.05, 3.63) is 39.9 Å². The number of nitro benzene ring substituents is 1. The van der Waals surface area contributed by atoms with Crippen molar-refractivity contribution in [2.24, 2.45) is 0 Å². The molecule has 0 aromatic heterocycles. The minimum atomic E-state index is -0.471. The van der Waals surface area contributed by atoms with E-state index >= 15 is 0 Å². The zero-order valence-electron chi connectivity index (χ0n) is 10.9. The Morgan fingerprint density at radius 1 is 1.60 bits per heavy atom. The quantitative estimate of drug-likeness (QED) is 0.332. The molecule has 0 saturated carbocycles. The third kappa shape index (κ3) is 5.28. The molecular formula is C13H14N2O4S. The highest BCUT2D eigenvalue weighted by atomic mass is 32.2.